The lowest BCUT2D eigenvalue weighted by Gasteiger charge is -2.27. The maximum absolute atomic E-state index is 14.3. The minimum absolute atomic E-state index is 0.107. The van der Waals surface area contributed by atoms with E-state index in [1.807, 2.05) is 6.92 Å². The van der Waals surface area contributed by atoms with Gasteiger partial charge in [0.05, 0.1) is 12.2 Å². The second kappa shape index (κ2) is 9.14. The Hall–Kier alpha value is -1.45. The summed E-state index contributed by atoms with van der Waals surface area (Å²) in [5, 5.41) is 0. The Morgan fingerprint density at radius 1 is 1.08 bits per heavy atom. The zero-order valence-electron chi connectivity index (χ0n) is 14.7. The predicted octanol–water partition coefficient (Wildman–Crippen LogP) is 5.93. The van der Waals surface area contributed by atoms with E-state index in [0.717, 1.165) is 44.9 Å². The first kappa shape index (κ1) is 18.9. The fraction of sp³-hybridized carbons (Fsp3) is 0.650. The normalized spacial score (nSPS) is 20.8. The third kappa shape index (κ3) is 4.55. The first-order valence-electron chi connectivity index (χ1n) is 9.23. The van der Waals surface area contributed by atoms with Crippen molar-refractivity contribution >= 4 is 5.78 Å². The minimum atomic E-state index is -1.07. The molecule has 0 aromatic heterocycles. The van der Waals surface area contributed by atoms with Crippen LogP contribution in [0.5, 0.6) is 5.75 Å². The van der Waals surface area contributed by atoms with Crippen molar-refractivity contribution < 1.29 is 18.3 Å². The van der Waals surface area contributed by atoms with Gasteiger partial charge in [-0.25, -0.2) is 4.39 Å². The van der Waals surface area contributed by atoms with Crippen LogP contribution in [0.3, 0.4) is 0 Å². The van der Waals surface area contributed by atoms with Gasteiger partial charge < -0.3 is 4.74 Å². The van der Waals surface area contributed by atoms with Crippen molar-refractivity contribution in [2.24, 2.45) is 11.8 Å². The average Bonchev–Trinajstić information content (AvgIpc) is 2.59. The molecule has 1 aliphatic carbocycles. The fourth-order valence-electron chi connectivity index (χ4n) is 3.50. The molecule has 0 spiro atoms. The van der Waals surface area contributed by atoms with Gasteiger partial charge >= 0.3 is 0 Å². The number of Topliss-reactive ketones (excluding diaryl/α,β-unsaturated/α-hetero) is 1. The van der Waals surface area contributed by atoms with Crippen LogP contribution in [0.1, 0.15) is 75.6 Å². The van der Waals surface area contributed by atoms with Gasteiger partial charge in [-0.05, 0) is 50.2 Å². The Bertz CT molecular complexity index is 549. The van der Waals surface area contributed by atoms with Crippen molar-refractivity contribution in [1.82, 2.24) is 0 Å². The number of ketones is 1. The predicted molar refractivity (Wildman–Crippen MR) is 91.4 cm³/mol. The maximum atomic E-state index is 14.3. The molecule has 134 valence electrons. The summed E-state index contributed by atoms with van der Waals surface area (Å²) in [6.07, 6.45) is 7.61. The van der Waals surface area contributed by atoms with Crippen molar-refractivity contribution in [2.45, 2.75) is 65.2 Å². The Kier molecular flexibility index (Phi) is 7.19. The molecule has 2 nitrogen and oxygen atoms in total. The number of carbonyl (C=O) groups is 1. The molecule has 2 rings (SSSR count). The zero-order valence-corrected chi connectivity index (χ0v) is 14.7. The van der Waals surface area contributed by atoms with Crippen LogP contribution in [-0.4, -0.2) is 12.4 Å². The largest absolute Gasteiger partial charge is 0.490 e. The van der Waals surface area contributed by atoms with Crippen LogP contribution in [0.4, 0.5) is 8.78 Å². The molecule has 1 aliphatic rings. The molecule has 0 heterocycles. The van der Waals surface area contributed by atoms with Crippen molar-refractivity contribution in [3.8, 4) is 5.75 Å². The topological polar surface area (TPSA) is 26.3 Å². The highest BCUT2D eigenvalue weighted by molar-refractivity contribution is 5.98. The Morgan fingerprint density at radius 2 is 1.79 bits per heavy atom. The van der Waals surface area contributed by atoms with E-state index in [1.165, 1.54) is 18.6 Å². The lowest BCUT2D eigenvalue weighted by molar-refractivity contribution is 0.0864. The molecule has 1 fully saturated rings. The van der Waals surface area contributed by atoms with E-state index in [2.05, 4.69) is 6.92 Å². The molecule has 0 atom stereocenters. The smallest absolute Gasteiger partial charge is 0.201 e. The molecule has 1 aromatic rings. The molecule has 0 saturated heterocycles. The molecule has 0 bridgehead atoms. The summed E-state index contributed by atoms with van der Waals surface area (Å²) < 4.78 is 33.7. The van der Waals surface area contributed by atoms with Gasteiger partial charge in [0.15, 0.2) is 17.3 Å². The van der Waals surface area contributed by atoms with E-state index in [0.29, 0.717) is 12.5 Å². The highest BCUT2D eigenvalue weighted by atomic mass is 19.2. The monoisotopic (exact) mass is 338 g/mol. The van der Waals surface area contributed by atoms with Crippen LogP contribution in [0.2, 0.25) is 0 Å². The summed E-state index contributed by atoms with van der Waals surface area (Å²) in [5.41, 5.74) is -0.130. The van der Waals surface area contributed by atoms with Gasteiger partial charge in [0.2, 0.25) is 5.82 Å². The lowest BCUT2D eigenvalue weighted by atomic mass is 9.77. The molecule has 24 heavy (non-hydrogen) atoms. The summed E-state index contributed by atoms with van der Waals surface area (Å²) in [4.78, 5) is 12.6. The summed E-state index contributed by atoms with van der Waals surface area (Å²) in [5.74, 6) is -1.99. The number of unbranched alkanes of at least 4 members (excludes halogenated alkanes) is 1. The molecule has 0 unspecified atom stereocenters. The third-order valence-corrected chi connectivity index (χ3v) is 4.98. The summed E-state index contributed by atoms with van der Waals surface area (Å²) >= 11 is 0. The van der Waals surface area contributed by atoms with E-state index in [4.69, 9.17) is 4.74 Å². The zero-order chi connectivity index (χ0) is 17.5. The van der Waals surface area contributed by atoms with Gasteiger partial charge in [0.1, 0.15) is 0 Å². The van der Waals surface area contributed by atoms with Crippen LogP contribution in [0, 0.1) is 23.5 Å². The molecule has 0 amide bonds. The highest BCUT2D eigenvalue weighted by Gasteiger charge is 2.29. The van der Waals surface area contributed by atoms with E-state index >= 15 is 0 Å². The number of carbonyl (C=O) groups excluding carboxylic acids is 1. The van der Waals surface area contributed by atoms with Gasteiger partial charge in [-0.1, -0.05) is 33.1 Å². The Labute approximate surface area is 143 Å². The first-order valence-corrected chi connectivity index (χ1v) is 9.23. The van der Waals surface area contributed by atoms with Gasteiger partial charge in [-0.15, -0.1) is 0 Å². The summed E-state index contributed by atoms with van der Waals surface area (Å²) in [6.45, 7) is 4.51. The minimum Gasteiger partial charge on any atom is -0.490 e. The second-order valence-electron chi connectivity index (χ2n) is 6.81. The first-order chi connectivity index (χ1) is 11.6. The van der Waals surface area contributed by atoms with Crippen molar-refractivity contribution in [3.63, 3.8) is 0 Å². The van der Waals surface area contributed by atoms with Gasteiger partial charge in [-0.3, -0.25) is 4.79 Å². The van der Waals surface area contributed by atoms with Crippen molar-refractivity contribution in [2.75, 3.05) is 6.61 Å². The van der Waals surface area contributed by atoms with Crippen molar-refractivity contribution in [1.29, 1.82) is 0 Å². The molecule has 4 heteroatoms. The molecule has 0 radical (unpaired) electrons. The van der Waals surface area contributed by atoms with E-state index in [9.17, 15) is 13.6 Å². The van der Waals surface area contributed by atoms with Crippen LogP contribution in [0.15, 0.2) is 12.1 Å². The fourth-order valence-corrected chi connectivity index (χ4v) is 3.50. The SMILES string of the molecule is CCCCOc1ccc(C(=O)C2CCC(CCC)CC2)c(F)c1F. The van der Waals surface area contributed by atoms with E-state index in [1.54, 1.807) is 0 Å². The number of hydrogen-bond acceptors (Lipinski definition) is 2. The van der Waals surface area contributed by atoms with E-state index in [-0.39, 0.29) is 23.0 Å². The third-order valence-electron chi connectivity index (χ3n) is 4.98. The van der Waals surface area contributed by atoms with Crippen LogP contribution >= 0.6 is 0 Å². The molecule has 1 aromatic carbocycles. The van der Waals surface area contributed by atoms with E-state index < -0.39 is 11.6 Å². The standard InChI is InChI=1S/C20H28F2O2/c1-3-5-13-24-17-12-11-16(18(21)19(17)22)20(23)15-9-7-14(6-4-2)8-10-15/h11-12,14-15H,3-10,13H2,1-2H3. The summed E-state index contributed by atoms with van der Waals surface area (Å²) in [6, 6.07) is 2.75. The average molecular weight is 338 g/mol. The Morgan fingerprint density at radius 3 is 2.42 bits per heavy atom. The second-order valence-corrected chi connectivity index (χ2v) is 6.81. The van der Waals surface area contributed by atoms with Crippen LogP contribution in [0.25, 0.3) is 0 Å². The Balaban J connectivity index is 2.03. The molecular formula is C20H28F2O2. The number of rotatable bonds is 8. The molecular weight excluding hydrogens is 310 g/mol. The van der Waals surface area contributed by atoms with Crippen LogP contribution < -0.4 is 4.74 Å². The number of hydrogen-bond donors (Lipinski definition) is 0. The number of halogens is 2. The summed E-state index contributed by atoms with van der Waals surface area (Å²) in [7, 11) is 0. The van der Waals surface area contributed by atoms with Gasteiger partial charge in [0.25, 0.3) is 0 Å². The lowest BCUT2D eigenvalue weighted by Crippen LogP contribution is -2.23. The number of benzene rings is 1. The maximum Gasteiger partial charge on any atom is 0.201 e. The molecule has 1 saturated carbocycles. The molecule has 0 N–H and O–H groups in total. The van der Waals surface area contributed by atoms with Crippen molar-refractivity contribution in [3.05, 3.63) is 29.3 Å². The quantitative estimate of drug-likeness (QED) is 0.433. The number of ether oxygens (including phenoxy) is 1. The van der Waals surface area contributed by atoms with Crippen LogP contribution in [-0.2, 0) is 0 Å². The highest BCUT2D eigenvalue weighted by Crippen LogP contribution is 2.34. The van der Waals surface area contributed by atoms with Gasteiger partial charge in [-0.2, -0.15) is 4.39 Å². The van der Waals surface area contributed by atoms with Gasteiger partial charge in [0, 0.05) is 5.92 Å². The molecule has 0 aliphatic heterocycles.